The molecule has 0 spiro atoms. The van der Waals surface area contributed by atoms with Gasteiger partial charge in [0.05, 0.1) is 0 Å². The molecule has 0 aromatic carbocycles. The number of unbranched alkanes of at least 4 members (excludes halogenated alkanes) is 7. The maximum atomic E-state index is 5.70. The van der Waals surface area contributed by atoms with E-state index in [1.54, 1.807) is 0 Å². The van der Waals surface area contributed by atoms with Crippen LogP contribution in [0, 0.1) is 5.92 Å². The van der Waals surface area contributed by atoms with Crippen molar-refractivity contribution in [3.8, 4) is 0 Å². The van der Waals surface area contributed by atoms with Crippen molar-refractivity contribution in [2.45, 2.75) is 96.4 Å². The lowest BCUT2D eigenvalue weighted by Crippen LogP contribution is -2.39. The largest absolute Gasteiger partial charge is 0.271 e. The van der Waals surface area contributed by atoms with Crippen LogP contribution in [0.2, 0.25) is 0 Å². The van der Waals surface area contributed by atoms with Gasteiger partial charge in [0.2, 0.25) is 0 Å². The van der Waals surface area contributed by atoms with Gasteiger partial charge >= 0.3 is 0 Å². The summed E-state index contributed by atoms with van der Waals surface area (Å²) in [5.41, 5.74) is 3.06. The lowest BCUT2D eigenvalue weighted by atomic mass is 9.93. The van der Waals surface area contributed by atoms with Crippen molar-refractivity contribution in [1.29, 1.82) is 0 Å². The van der Waals surface area contributed by atoms with Crippen LogP contribution in [0.3, 0.4) is 0 Å². The Labute approximate surface area is 114 Å². The summed E-state index contributed by atoms with van der Waals surface area (Å²) in [5, 5.41) is 0. The van der Waals surface area contributed by atoms with E-state index in [9.17, 15) is 0 Å². The van der Waals surface area contributed by atoms with Crippen molar-refractivity contribution >= 4 is 0 Å². The molecule has 1 atom stereocenters. The predicted octanol–water partition coefficient (Wildman–Crippen LogP) is 4.54. The van der Waals surface area contributed by atoms with Crippen molar-refractivity contribution < 1.29 is 0 Å². The van der Waals surface area contributed by atoms with Crippen LogP contribution < -0.4 is 11.3 Å². The van der Waals surface area contributed by atoms with Crippen molar-refractivity contribution in [3.63, 3.8) is 0 Å². The molecule has 108 valence electrons. The van der Waals surface area contributed by atoms with Crippen LogP contribution >= 0.6 is 0 Å². The van der Waals surface area contributed by atoms with E-state index in [1.807, 2.05) is 0 Å². The van der Waals surface area contributed by atoms with E-state index in [0.717, 1.165) is 5.92 Å². The first-order chi connectivity index (χ1) is 8.88. The number of hydrogen-bond donors (Lipinski definition) is 2. The molecule has 0 heterocycles. The second-order valence-corrected chi connectivity index (χ2v) is 6.08. The Balaban J connectivity index is 1.92. The van der Waals surface area contributed by atoms with Crippen LogP contribution in [-0.2, 0) is 0 Å². The topological polar surface area (TPSA) is 38.0 Å². The average Bonchev–Trinajstić information content (AvgIpc) is 2.91. The van der Waals surface area contributed by atoms with E-state index in [0.29, 0.717) is 6.04 Å². The number of hydrogen-bond acceptors (Lipinski definition) is 2. The normalized spacial score (nSPS) is 18.3. The second-order valence-electron chi connectivity index (χ2n) is 6.08. The van der Waals surface area contributed by atoms with E-state index in [2.05, 4.69) is 12.3 Å². The molecule has 2 heteroatoms. The maximum absolute atomic E-state index is 5.70. The van der Waals surface area contributed by atoms with Gasteiger partial charge in [0, 0.05) is 6.04 Å². The number of rotatable bonds is 11. The number of nitrogens with two attached hydrogens (primary N) is 1. The first kappa shape index (κ1) is 16.0. The fourth-order valence-electron chi connectivity index (χ4n) is 3.31. The Morgan fingerprint density at radius 1 is 0.944 bits per heavy atom. The molecular weight excluding hydrogens is 220 g/mol. The van der Waals surface area contributed by atoms with E-state index >= 15 is 0 Å². The van der Waals surface area contributed by atoms with Crippen molar-refractivity contribution in [1.82, 2.24) is 5.43 Å². The molecule has 0 bridgehead atoms. The van der Waals surface area contributed by atoms with Gasteiger partial charge in [-0.3, -0.25) is 11.3 Å². The molecule has 0 aromatic heterocycles. The highest BCUT2D eigenvalue weighted by Gasteiger charge is 2.23. The third kappa shape index (κ3) is 6.75. The van der Waals surface area contributed by atoms with Gasteiger partial charge in [-0.2, -0.15) is 0 Å². The predicted molar refractivity (Wildman–Crippen MR) is 80.3 cm³/mol. The van der Waals surface area contributed by atoms with Crippen molar-refractivity contribution in [3.05, 3.63) is 0 Å². The minimum absolute atomic E-state index is 0.590. The number of hydrazine groups is 1. The second kappa shape index (κ2) is 10.8. The van der Waals surface area contributed by atoms with Gasteiger partial charge in [-0.05, 0) is 25.2 Å². The molecular formula is C16H34N2. The highest BCUT2D eigenvalue weighted by molar-refractivity contribution is 4.78. The Morgan fingerprint density at radius 3 is 2.06 bits per heavy atom. The molecule has 0 amide bonds. The summed E-state index contributed by atoms with van der Waals surface area (Å²) >= 11 is 0. The summed E-state index contributed by atoms with van der Waals surface area (Å²) < 4.78 is 0. The van der Waals surface area contributed by atoms with Gasteiger partial charge in [-0.1, -0.05) is 71.1 Å². The summed E-state index contributed by atoms with van der Waals surface area (Å²) in [6.07, 6.45) is 18.2. The summed E-state index contributed by atoms with van der Waals surface area (Å²) in [7, 11) is 0. The van der Waals surface area contributed by atoms with Gasteiger partial charge < -0.3 is 0 Å². The molecule has 0 saturated heterocycles. The van der Waals surface area contributed by atoms with Gasteiger partial charge in [0.25, 0.3) is 0 Å². The Hall–Kier alpha value is -0.0800. The summed E-state index contributed by atoms with van der Waals surface area (Å²) in [5.74, 6) is 6.56. The molecule has 1 aliphatic rings. The molecule has 1 aliphatic carbocycles. The smallest absolute Gasteiger partial charge is 0.0238 e. The van der Waals surface area contributed by atoms with Gasteiger partial charge in [-0.15, -0.1) is 0 Å². The van der Waals surface area contributed by atoms with E-state index < -0.39 is 0 Å². The molecule has 3 N–H and O–H groups in total. The third-order valence-corrected chi connectivity index (χ3v) is 4.55. The zero-order valence-corrected chi connectivity index (χ0v) is 12.4. The zero-order chi connectivity index (χ0) is 13.1. The van der Waals surface area contributed by atoms with E-state index in [4.69, 9.17) is 5.84 Å². The first-order valence-corrected chi connectivity index (χ1v) is 8.34. The van der Waals surface area contributed by atoms with Crippen LogP contribution in [0.5, 0.6) is 0 Å². The standard InChI is InChI=1S/C16H34N2/c1-2-3-4-5-6-7-8-9-14-16(18-17)15-12-10-11-13-15/h15-16,18H,2-14,17H2,1H3. The van der Waals surface area contributed by atoms with Crippen molar-refractivity contribution in [2.24, 2.45) is 11.8 Å². The minimum atomic E-state index is 0.590. The molecule has 1 fully saturated rings. The van der Waals surface area contributed by atoms with E-state index in [1.165, 1.54) is 83.5 Å². The lowest BCUT2D eigenvalue weighted by Gasteiger charge is -2.22. The molecule has 1 unspecified atom stereocenters. The van der Waals surface area contributed by atoms with Gasteiger partial charge in [0.15, 0.2) is 0 Å². The fraction of sp³-hybridized carbons (Fsp3) is 1.00. The fourth-order valence-corrected chi connectivity index (χ4v) is 3.31. The highest BCUT2D eigenvalue weighted by Crippen LogP contribution is 2.29. The van der Waals surface area contributed by atoms with Crippen LogP contribution in [0.15, 0.2) is 0 Å². The Bertz CT molecular complexity index is 176. The van der Waals surface area contributed by atoms with Crippen LogP contribution in [0.1, 0.15) is 90.4 Å². The van der Waals surface area contributed by atoms with E-state index in [-0.39, 0.29) is 0 Å². The quantitative estimate of drug-likeness (QED) is 0.323. The average molecular weight is 254 g/mol. The monoisotopic (exact) mass is 254 g/mol. The third-order valence-electron chi connectivity index (χ3n) is 4.55. The molecule has 0 aromatic rings. The van der Waals surface area contributed by atoms with Crippen LogP contribution in [-0.4, -0.2) is 6.04 Å². The maximum Gasteiger partial charge on any atom is 0.0238 e. The van der Waals surface area contributed by atoms with Gasteiger partial charge in [-0.25, -0.2) is 0 Å². The van der Waals surface area contributed by atoms with Crippen molar-refractivity contribution in [2.75, 3.05) is 0 Å². The minimum Gasteiger partial charge on any atom is -0.271 e. The first-order valence-electron chi connectivity index (χ1n) is 8.34. The highest BCUT2D eigenvalue weighted by atomic mass is 15.2. The molecule has 2 nitrogen and oxygen atoms in total. The molecule has 18 heavy (non-hydrogen) atoms. The Morgan fingerprint density at radius 2 is 1.50 bits per heavy atom. The summed E-state index contributed by atoms with van der Waals surface area (Å²) in [4.78, 5) is 0. The number of nitrogens with one attached hydrogen (secondary N) is 1. The molecule has 1 saturated carbocycles. The van der Waals surface area contributed by atoms with Gasteiger partial charge in [0.1, 0.15) is 0 Å². The van der Waals surface area contributed by atoms with Crippen LogP contribution in [0.4, 0.5) is 0 Å². The SMILES string of the molecule is CCCCCCCCCCC(NN)C1CCCC1. The molecule has 1 rings (SSSR count). The zero-order valence-electron chi connectivity index (χ0n) is 12.4. The Kier molecular flexibility index (Phi) is 9.59. The summed E-state index contributed by atoms with van der Waals surface area (Å²) in [6, 6.07) is 0.590. The van der Waals surface area contributed by atoms with Crippen LogP contribution in [0.25, 0.3) is 0 Å². The lowest BCUT2D eigenvalue weighted by molar-refractivity contribution is 0.334. The molecule has 0 aliphatic heterocycles. The summed E-state index contributed by atoms with van der Waals surface area (Å²) in [6.45, 7) is 2.28. The molecule has 0 radical (unpaired) electrons.